The molecule has 4 N–H and O–H groups in total. The lowest BCUT2D eigenvalue weighted by Crippen LogP contribution is -2.49. The number of nitrogens with two attached hydrogens (primary N) is 1. The molecular formula is C14H24N4O3. The summed E-state index contributed by atoms with van der Waals surface area (Å²) in [6, 6.07) is -0.374. The first-order chi connectivity index (χ1) is 9.98. The zero-order chi connectivity index (χ0) is 15.5. The summed E-state index contributed by atoms with van der Waals surface area (Å²) >= 11 is 0. The van der Waals surface area contributed by atoms with E-state index in [0.717, 1.165) is 12.8 Å². The van der Waals surface area contributed by atoms with Gasteiger partial charge in [-0.15, -0.1) is 0 Å². The predicted octanol–water partition coefficient (Wildman–Crippen LogP) is -0.0479. The molecule has 118 valence electrons. The van der Waals surface area contributed by atoms with E-state index in [1.165, 1.54) is 4.90 Å². The molecule has 1 heterocycles. The number of hydrogen-bond acceptors (Lipinski definition) is 4. The van der Waals surface area contributed by atoms with E-state index in [0.29, 0.717) is 31.8 Å². The molecule has 0 unspecified atom stereocenters. The number of urea groups is 1. The lowest BCUT2D eigenvalue weighted by atomic mass is 9.77. The molecule has 0 aromatic heterocycles. The molecule has 2 rings (SSSR count). The Morgan fingerprint density at radius 3 is 2.71 bits per heavy atom. The Bertz CT molecular complexity index is 430. The quantitative estimate of drug-likeness (QED) is 0.619. The van der Waals surface area contributed by atoms with Crippen LogP contribution in [0.5, 0.6) is 0 Å². The molecule has 0 bridgehead atoms. The van der Waals surface area contributed by atoms with Gasteiger partial charge in [0.05, 0.1) is 0 Å². The van der Waals surface area contributed by atoms with Crippen LogP contribution in [0.15, 0.2) is 0 Å². The highest BCUT2D eigenvalue weighted by atomic mass is 16.2. The number of amides is 4. The molecule has 0 aromatic rings. The van der Waals surface area contributed by atoms with Crippen molar-refractivity contribution in [3.8, 4) is 0 Å². The van der Waals surface area contributed by atoms with Crippen molar-refractivity contribution in [2.75, 3.05) is 19.6 Å². The Balaban J connectivity index is 1.91. The third-order valence-electron chi connectivity index (χ3n) is 4.40. The molecule has 21 heavy (non-hydrogen) atoms. The van der Waals surface area contributed by atoms with Crippen LogP contribution >= 0.6 is 0 Å². The van der Waals surface area contributed by atoms with E-state index in [9.17, 15) is 14.4 Å². The molecule has 1 saturated carbocycles. The van der Waals surface area contributed by atoms with Gasteiger partial charge >= 0.3 is 6.03 Å². The van der Waals surface area contributed by atoms with Gasteiger partial charge in [0, 0.05) is 26.1 Å². The second-order valence-electron chi connectivity index (χ2n) is 6.04. The second kappa shape index (κ2) is 6.43. The van der Waals surface area contributed by atoms with Gasteiger partial charge < -0.3 is 16.4 Å². The summed E-state index contributed by atoms with van der Waals surface area (Å²) in [6.45, 7) is 3.06. The summed E-state index contributed by atoms with van der Waals surface area (Å²) in [6.07, 6.45) is 3.38. The van der Waals surface area contributed by atoms with Crippen molar-refractivity contribution in [3.05, 3.63) is 0 Å². The fourth-order valence-corrected chi connectivity index (χ4v) is 2.99. The van der Waals surface area contributed by atoms with E-state index in [1.807, 2.05) is 0 Å². The first-order valence-corrected chi connectivity index (χ1v) is 7.59. The van der Waals surface area contributed by atoms with Crippen LogP contribution < -0.4 is 16.4 Å². The number of nitrogens with zero attached hydrogens (tertiary/aromatic N) is 1. The van der Waals surface area contributed by atoms with Gasteiger partial charge in [-0.3, -0.25) is 14.5 Å². The Morgan fingerprint density at radius 1 is 1.43 bits per heavy atom. The molecule has 2 aliphatic rings. The van der Waals surface area contributed by atoms with Crippen molar-refractivity contribution in [2.45, 2.75) is 44.6 Å². The third-order valence-corrected chi connectivity index (χ3v) is 4.40. The minimum absolute atomic E-state index is 0.117. The first-order valence-electron chi connectivity index (χ1n) is 7.59. The normalized spacial score (nSPS) is 28.9. The molecule has 7 nitrogen and oxygen atoms in total. The number of hydrogen-bond donors (Lipinski definition) is 3. The van der Waals surface area contributed by atoms with E-state index in [-0.39, 0.29) is 30.8 Å². The molecule has 1 spiro atoms. The lowest BCUT2D eigenvalue weighted by molar-refractivity contribution is -0.133. The summed E-state index contributed by atoms with van der Waals surface area (Å²) in [5.41, 5.74) is 4.58. The van der Waals surface area contributed by atoms with Gasteiger partial charge in [0.25, 0.3) is 5.91 Å². The van der Waals surface area contributed by atoms with Gasteiger partial charge in [-0.2, -0.15) is 0 Å². The van der Waals surface area contributed by atoms with Gasteiger partial charge in [-0.1, -0.05) is 6.92 Å². The maximum Gasteiger partial charge on any atom is 0.325 e. The molecule has 0 radical (unpaired) electrons. The highest BCUT2D eigenvalue weighted by molar-refractivity contribution is 6.07. The zero-order valence-corrected chi connectivity index (χ0v) is 12.5. The molecule has 1 saturated heterocycles. The van der Waals surface area contributed by atoms with Gasteiger partial charge in [0.2, 0.25) is 5.91 Å². The fraction of sp³-hybridized carbons (Fsp3) is 0.786. The highest BCUT2D eigenvalue weighted by Crippen LogP contribution is 2.36. The van der Waals surface area contributed by atoms with Crippen LogP contribution in [-0.4, -0.2) is 47.9 Å². The maximum absolute atomic E-state index is 12.5. The molecule has 7 heteroatoms. The number of rotatable bonds is 5. The Kier molecular flexibility index (Phi) is 4.82. The molecule has 2 fully saturated rings. The average Bonchev–Trinajstić information content (AvgIpc) is 2.69. The SMILES string of the molecule is CC1CCC2(CC1)NC(=O)N(CCC(=O)NCCN)C2=O. The van der Waals surface area contributed by atoms with E-state index >= 15 is 0 Å². The van der Waals surface area contributed by atoms with Gasteiger partial charge in [-0.25, -0.2) is 4.79 Å². The maximum atomic E-state index is 12.5. The Hall–Kier alpha value is -1.63. The smallest absolute Gasteiger partial charge is 0.325 e. The first kappa shape index (κ1) is 15.8. The van der Waals surface area contributed by atoms with E-state index in [4.69, 9.17) is 5.73 Å². The van der Waals surface area contributed by atoms with Crippen molar-refractivity contribution in [1.29, 1.82) is 0 Å². The Morgan fingerprint density at radius 2 is 2.10 bits per heavy atom. The van der Waals surface area contributed by atoms with Crippen molar-refractivity contribution in [2.24, 2.45) is 11.7 Å². The monoisotopic (exact) mass is 296 g/mol. The van der Waals surface area contributed by atoms with E-state index in [2.05, 4.69) is 17.6 Å². The fourth-order valence-electron chi connectivity index (χ4n) is 2.99. The number of imide groups is 1. The van der Waals surface area contributed by atoms with Gasteiger partial charge in [0.15, 0.2) is 0 Å². The molecule has 0 atom stereocenters. The number of nitrogens with one attached hydrogen (secondary N) is 2. The summed E-state index contributed by atoms with van der Waals surface area (Å²) in [4.78, 5) is 37.3. The van der Waals surface area contributed by atoms with Crippen LogP contribution in [0.1, 0.15) is 39.0 Å². The summed E-state index contributed by atoms with van der Waals surface area (Å²) in [7, 11) is 0. The summed E-state index contributed by atoms with van der Waals surface area (Å²) < 4.78 is 0. The van der Waals surface area contributed by atoms with Crippen LogP contribution in [-0.2, 0) is 9.59 Å². The van der Waals surface area contributed by atoms with Crippen molar-refractivity contribution in [1.82, 2.24) is 15.5 Å². The van der Waals surface area contributed by atoms with Crippen molar-refractivity contribution < 1.29 is 14.4 Å². The van der Waals surface area contributed by atoms with E-state index in [1.54, 1.807) is 0 Å². The molecular weight excluding hydrogens is 272 g/mol. The predicted molar refractivity (Wildman–Crippen MR) is 77.3 cm³/mol. The van der Waals surface area contributed by atoms with Crippen LogP contribution in [0.2, 0.25) is 0 Å². The zero-order valence-electron chi connectivity index (χ0n) is 12.5. The molecule has 1 aliphatic carbocycles. The third kappa shape index (κ3) is 3.34. The minimum Gasteiger partial charge on any atom is -0.355 e. The molecule has 4 amide bonds. The van der Waals surface area contributed by atoms with Gasteiger partial charge in [0.1, 0.15) is 5.54 Å². The molecule has 0 aromatic carbocycles. The Labute approximate surface area is 124 Å². The lowest BCUT2D eigenvalue weighted by Gasteiger charge is -2.33. The van der Waals surface area contributed by atoms with Crippen LogP contribution in [0.4, 0.5) is 4.79 Å². The largest absolute Gasteiger partial charge is 0.355 e. The van der Waals surface area contributed by atoms with Crippen LogP contribution in [0.3, 0.4) is 0 Å². The summed E-state index contributed by atoms with van der Waals surface area (Å²) in [5.74, 6) is 0.224. The topological polar surface area (TPSA) is 105 Å². The molecule has 1 aliphatic heterocycles. The van der Waals surface area contributed by atoms with Crippen molar-refractivity contribution >= 4 is 17.8 Å². The van der Waals surface area contributed by atoms with Crippen LogP contribution in [0, 0.1) is 5.92 Å². The average molecular weight is 296 g/mol. The minimum atomic E-state index is -0.725. The highest BCUT2D eigenvalue weighted by Gasteiger charge is 2.51. The van der Waals surface area contributed by atoms with Gasteiger partial charge in [-0.05, 0) is 31.6 Å². The second-order valence-corrected chi connectivity index (χ2v) is 6.04. The number of carbonyl (C=O) groups excluding carboxylic acids is 3. The number of carbonyl (C=O) groups is 3. The van der Waals surface area contributed by atoms with E-state index < -0.39 is 5.54 Å². The summed E-state index contributed by atoms with van der Waals surface area (Å²) in [5, 5.41) is 5.47. The van der Waals surface area contributed by atoms with Crippen LogP contribution in [0.25, 0.3) is 0 Å². The van der Waals surface area contributed by atoms with Crippen molar-refractivity contribution in [3.63, 3.8) is 0 Å². The standard InChI is InChI=1S/C14H24N4O3/c1-10-2-5-14(6-3-10)12(20)18(13(21)17-14)9-4-11(19)16-8-7-15/h10H,2-9,15H2,1H3,(H,16,19)(H,17,21).